The highest BCUT2D eigenvalue weighted by molar-refractivity contribution is 7.80. The van der Waals surface area contributed by atoms with E-state index in [-0.39, 0.29) is 11.0 Å². The van der Waals surface area contributed by atoms with Crippen molar-refractivity contribution in [3.8, 4) is 11.1 Å². The van der Waals surface area contributed by atoms with Gasteiger partial charge in [-0.2, -0.15) is 5.10 Å². The number of hydrogen-bond donors (Lipinski definition) is 3. The van der Waals surface area contributed by atoms with Crippen LogP contribution < -0.4 is 10.6 Å². The minimum atomic E-state index is -0.271. The Bertz CT molecular complexity index is 1100. The number of fused-ring (bicyclic) bond motifs is 1. The van der Waals surface area contributed by atoms with Crippen LogP contribution in [0.1, 0.15) is 10.4 Å². The van der Waals surface area contributed by atoms with Gasteiger partial charge in [-0.05, 0) is 47.6 Å². The Morgan fingerprint density at radius 1 is 0.852 bits per heavy atom. The number of thiocarbonyl (C=S) groups is 1. The van der Waals surface area contributed by atoms with Gasteiger partial charge in [-0.1, -0.05) is 54.6 Å². The minimum Gasteiger partial charge on any atom is -0.315 e. The van der Waals surface area contributed by atoms with E-state index in [1.807, 2.05) is 66.7 Å². The van der Waals surface area contributed by atoms with Crippen molar-refractivity contribution < 1.29 is 4.79 Å². The lowest BCUT2D eigenvalue weighted by Gasteiger charge is -2.08. The summed E-state index contributed by atoms with van der Waals surface area (Å²) in [4.78, 5) is 12.4. The van der Waals surface area contributed by atoms with Gasteiger partial charge >= 0.3 is 0 Å². The van der Waals surface area contributed by atoms with E-state index in [9.17, 15) is 4.79 Å². The van der Waals surface area contributed by atoms with Crippen molar-refractivity contribution in [2.75, 3.05) is 5.32 Å². The molecule has 0 saturated heterocycles. The first kappa shape index (κ1) is 16.9. The molecule has 0 unspecified atom stereocenters. The Morgan fingerprint density at radius 2 is 1.52 bits per heavy atom. The van der Waals surface area contributed by atoms with Crippen LogP contribution in [0.4, 0.5) is 5.82 Å². The maximum atomic E-state index is 12.4. The molecule has 1 heterocycles. The number of anilines is 1. The molecule has 3 aromatic carbocycles. The number of H-pyrrole nitrogens is 1. The van der Waals surface area contributed by atoms with Crippen LogP contribution in [0.15, 0.2) is 78.9 Å². The third kappa shape index (κ3) is 3.70. The Kier molecular flexibility index (Phi) is 4.63. The average molecular weight is 372 g/mol. The molecule has 4 rings (SSSR count). The van der Waals surface area contributed by atoms with Gasteiger partial charge in [0.25, 0.3) is 5.91 Å². The summed E-state index contributed by atoms with van der Waals surface area (Å²) in [5.74, 6) is 0.308. The van der Waals surface area contributed by atoms with E-state index in [2.05, 4.69) is 20.8 Å². The summed E-state index contributed by atoms with van der Waals surface area (Å²) in [6, 6.07) is 25.1. The van der Waals surface area contributed by atoms with Crippen molar-refractivity contribution in [3.63, 3.8) is 0 Å². The number of benzene rings is 3. The second-order valence-corrected chi connectivity index (χ2v) is 6.38. The molecule has 0 aliphatic heterocycles. The molecule has 1 aromatic heterocycles. The Balaban J connectivity index is 1.43. The van der Waals surface area contributed by atoms with E-state index in [4.69, 9.17) is 12.2 Å². The second kappa shape index (κ2) is 7.39. The average Bonchev–Trinajstić information content (AvgIpc) is 3.11. The highest BCUT2D eigenvalue weighted by Crippen LogP contribution is 2.20. The van der Waals surface area contributed by atoms with E-state index in [0.29, 0.717) is 11.4 Å². The topological polar surface area (TPSA) is 69.8 Å². The van der Waals surface area contributed by atoms with Crippen molar-refractivity contribution in [1.29, 1.82) is 0 Å². The predicted octanol–water partition coefficient (Wildman–Crippen LogP) is 4.36. The minimum absolute atomic E-state index is 0.199. The number of nitrogens with one attached hydrogen (secondary N) is 3. The fourth-order valence-corrected chi connectivity index (χ4v) is 3.01. The van der Waals surface area contributed by atoms with E-state index >= 15 is 0 Å². The second-order valence-electron chi connectivity index (χ2n) is 5.97. The molecule has 0 aliphatic rings. The Hall–Kier alpha value is -3.51. The molecule has 5 nitrogen and oxygen atoms in total. The molecular formula is C21H16N4OS. The molecule has 0 saturated carbocycles. The van der Waals surface area contributed by atoms with Crippen LogP contribution in [0, 0.1) is 0 Å². The fraction of sp³-hybridized carbons (Fsp3) is 0. The van der Waals surface area contributed by atoms with Gasteiger partial charge in [0.15, 0.2) is 10.9 Å². The highest BCUT2D eigenvalue weighted by Gasteiger charge is 2.11. The fourth-order valence-electron chi connectivity index (χ4n) is 2.82. The molecule has 0 spiro atoms. The summed E-state index contributed by atoms with van der Waals surface area (Å²) < 4.78 is 0. The number of hydrogen-bond acceptors (Lipinski definition) is 3. The summed E-state index contributed by atoms with van der Waals surface area (Å²) in [6.45, 7) is 0. The smallest absolute Gasteiger partial charge is 0.257 e. The Labute approximate surface area is 161 Å². The SMILES string of the molecule is O=C(NC(=S)Nc1n[nH]c2ccccc12)c1ccc(-c2ccccc2)cc1. The summed E-state index contributed by atoms with van der Waals surface area (Å²) in [7, 11) is 0. The number of amides is 1. The number of carbonyl (C=O) groups is 1. The van der Waals surface area contributed by atoms with Gasteiger partial charge in [0, 0.05) is 10.9 Å². The number of rotatable bonds is 3. The van der Waals surface area contributed by atoms with Gasteiger partial charge in [-0.15, -0.1) is 0 Å². The van der Waals surface area contributed by atoms with E-state index in [1.165, 1.54) is 0 Å². The van der Waals surface area contributed by atoms with Gasteiger partial charge in [-0.25, -0.2) is 0 Å². The maximum absolute atomic E-state index is 12.4. The van der Waals surface area contributed by atoms with Crippen LogP contribution in [0.5, 0.6) is 0 Å². The lowest BCUT2D eigenvalue weighted by atomic mass is 10.0. The van der Waals surface area contributed by atoms with Crippen molar-refractivity contribution in [3.05, 3.63) is 84.4 Å². The Morgan fingerprint density at radius 3 is 2.30 bits per heavy atom. The van der Waals surface area contributed by atoms with E-state index < -0.39 is 0 Å². The van der Waals surface area contributed by atoms with Crippen LogP contribution in [0.25, 0.3) is 22.0 Å². The monoisotopic (exact) mass is 372 g/mol. The third-order valence-corrected chi connectivity index (χ3v) is 4.39. The number of aromatic amines is 1. The highest BCUT2D eigenvalue weighted by atomic mass is 32.1. The van der Waals surface area contributed by atoms with Crippen LogP contribution in [0.3, 0.4) is 0 Å². The van der Waals surface area contributed by atoms with Crippen LogP contribution in [-0.4, -0.2) is 21.2 Å². The first-order valence-electron chi connectivity index (χ1n) is 8.41. The normalized spacial score (nSPS) is 10.5. The first-order valence-corrected chi connectivity index (χ1v) is 8.82. The van der Waals surface area contributed by atoms with Crippen LogP contribution in [-0.2, 0) is 0 Å². The quantitative estimate of drug-likeness (QED) is 0.468. The zero-order valence-corrected chi connectivity index (χ0v) is 15.1. The van der Waals surface area contributed by atoms with E-state index in [0.717, 1.165) is 22.0 Å². The van der Waals surface area contributed by atoms with E-state index in [1.54, 1.807) is 12.1 Å². The molecule has 0 fully saturated rings. The lowest BCUT2D eigenvalue weighted by molar-refractivity contribution is 0.0978. The molecule has 0 aliphatic carbocycles. The molecule has 27 heavy (non-hydrogen) atoms. The summed E-state index contributed by atoms with van der Waals surface area (Å²) in [5, 5.41) is 13.8. The van der Waals surface area contributed by atoms with Gasteiger partial charge < -0.3 is 5.32 Å². The number of nitrogens with zero attached hydrogens (tertiary/aromatic N) is 1. The maximum Gasteiger partial charge on any atom is 0.257 e. The molecule has 6 heteroatoms. The largest absolute Gasteiger partial charge is 0.315 e. The zero-order chi connectivity index (χ0) is 18.6. The van der Waals surface area contributed by atoms with Gasteiger partial charge in [0.2, 0.25) is 0 Å². The predicted molar refractivity (Wildman–Crippen MR) is 112 cm³/mol. The van der Waals surface area contributed by atoms with Crippen molar-refractivity contribution in [2.24, 2.45) is 0 Å². The number of para-hydroxylation sites is 1. The molecule has 132 valence electrons. The molecule has 0 bridgehead atoms. The van der Waals surface area contributed by atoms with Crippen molar-refractivity contribution in [2.45, 2.75) is 0 Å². The van der Waals surface area contributed by atoms with Gasteiger partial charge in [-0.3, -0.25) is 15.2 Å². The van der Waals surface area contributed by atoms with Crippen LogP contribution >= 0.6 is 12.2 Å². The lowest BCUT2D eigenvalue weighted by Crippen LogP contribution is -2.34. The summed E-state index contributed by atoms with van der Waals surface area (Å²) in [5.41, 5.74) is 3.58. The standard InChI is InChI=1S/C21H16N4OS/c26-20(16-12-10-15(11-13-16)14-6-2-1-3-7-14)23-21(27)22-19-17-8-4-5-9-18(17)24-25-19/h1-13H,(H3,22,23,24,25,26,27). The molecule has 1 amide bonds. The molecule has 3 N–H and O–H groups in total. The zero-order valence-electron chi connectivity index (χ0n) is 14.3. The molecule has 0 atom stereocenters. The third-order valence-electron chi connectivity index (χ3n) is 4.18. The van der Waals surface area contributed by atoms with Crippen molar-refractivity contribution >= 4 is 40.0 Å². The summed E-state index contributed by atoms with van der Waals surface area (Å²) >= 11 is 5.25. The van der Waals surface area contributed by atoms with Gasteiger partial charge in [0.1, 0.15) is 0 Å². The molecule has 4 aromatic rings. The van der Waals surface area contributed by atoms with Crippen LogP contribution in [0.2, 0.25) is 0 Å². The molecule has 0 radical (unpaired) electrons. The molecular weight excluding hydrogens is 356 g/mol. The number of carbonyl (C=O) groups excluding carboxylic acids is 1. The number of aromatic nitrogens is 2. The first-order chi connectivity index (χ1) is 13.2. The summed E-state index contributed by atoms with van der Waals surface area (Å²) in [6.07, 6.45) is 0. The van der Waals surface area contributed by atoms with Crippen molar-refractivity contribution in [1.82, 2.24) is 15.5 Å². The van der Waals surface area contributed by atoms with Gasteiger partial charge in [0.05, 0.1) is 5.52 Å².